The highest BCUT2D eigenvalue weighted by Gasteiger charge is 2.39. The summed E-state index contributed by atoms with van der Waals surface area (Å²) in [6.07, 6.45) is 3.29. The molecule has 4 nitrogen and oxygen atoms in total. The van der Waals surface area contributed by atoms with E-state index in [4.69, 9.17) is 11.6 Å². The molecule has 0 radical (unpaired) electrons. The number of amides is 1. The van der Waals surface area contributed by atoms with Crippen LogP contribution in [0.1, 0.15) is 19.8 Å². The van der Waals surface area contributed by atoms with E-state index in [0.29, 0.717) is 10.8 Å². The van der Waals surface area contributed by atoms with Crippen LogP contribution in [-0.2, 0) is 4.79 Å². The maximum Gasteiger partial charge on any atom is 0.233 e. The van der Waals surface area contributed by atoms with Gasteiger partial charge in [0.05, 0.1) is 10.4 Å². The van der Waals surface area contributed by atoms with Crippen LogP contribution in [0.15, 0.2) is 18.3 Å². The standard InChI is InChI=1S/C12H16ClN3O/c1-2-12(5-7-14-8-12)11(17)16-10-9(13)4-3-6-15-10/h3-4,6,14H,2,5,7-8H2,1H3,(H,15,16,17). The third kappa shape index (κ3) is 2.42. The molecule has 0 saturated carbocycles. The monoisotopic (exact) mass is 253 g/mol. The Morgan fingerprint density at radius 3 is 3.12 bits per heavy atom. The minimum Gasteiger partial charge on any atom is -0.316 e. The van der Waals surface area contributed by atoms with E-state index in [1.165, 1.54) is 0 Å². The number of halogens is 1. The second kappa shape index (κ2) is 5.02. The molecule has 1 atom stereocenters. The smallest absolute Gasteiger partial charge is 0.233 e. The highest BCUT2D eigenvalue weighted by Crippen LogP contribution is 2.31. The molecule has 1 aliphatic heterocycles. The lowest BCUT2D eigenvalue weighted by Crippen LogP contribution is -2.37. The zero-order valence-corrected chi connectivity index (χ0v) is 10.5. The molecule has 1 saturated heterocycles. The number of hydrogen-bond donors (Lipinski definition) is 2. The van der Waals surface area contributed by atoms with Crippen molar-refractivity contribution >= 4 is 23.3 Å². The van der Waals surface area contributed by atoms with Gasteiger partial charge in [0.15, 0.2) is 5.82 Å². The summed E-state index contributed by atoms with van der Waals surface area (Å²) < 4.78 is 0. The van der Waals surface area contributed by atoms with Crippen LogP contribution in [0, 0.1) is 5.41 Å². The van der Waals surface area contributed by atoms with Crippen molar-refractivity contribution in [1.82, 2.24) is 10.3 Å². The van der Waals surface area contributed by atoms with Crippen molar-refractivity contribution in [3.8, 4) is 0 Å². The van der Waals surface area contributed by atoms with Crippen molar-refractivity contribution < 1.29 is 4.79 Å². The highest BCUT2D eigenvalue weighted by atomic mass is 35.5. The molecule has 0 bridgehead atoms. The summed E-state index contributed by atoms with van der Waals surface area (Å²) in [7, 11) is 0. The largest absolute Gasteiger partial charge is 0.316 e. The molecule has 2 N–H and O–H groups in total. The third-order valence-electron chi connectivity index (χ3n) is 3.39. The first-order chi connectivity index (χ1) is 8.18. The van der Waals surface area contributed by atoms with Gasteiger partial charge in [0, 0.05) is 12.7 Å². The van der Waals surface area contributed by atoms with Crippen molar-refractivity contribution in [3.05, 3.63) is 23.4 Å². The first kappa shape index (κ1) is 12.3. The van der Waals surface area contributed by atoms with E-state index in [1.807, 2.05) is 6.92 Å². The van der Waals surface area contributed by atoms with Gasteiger partial charge in [-0.2, -0.15) is 0 Å². The van der Waals surface area contributed by atoms with Crippen molar-refractivity contribution in [2.24, 2.45) is 5.41 Å². The number of nitrogens with one attached hydrogen (secondary N) is 2. The van der Waals surface area contributed by atoms with Crippen molar-refractivity contribution in [2.75, 3.05) is 18.4 Å². The van der Waals surface area contributed by atoms with Crippen LogP contribution in [0.25, 0.3) is 0 Å². The molecule has 1 aromatic heterocycles. The topological polar surface area (TPSA) is 54.0 Å². The molecule has 17 heavy (non-hydrogen) atoms. The Labute approximate surface area is 106 Å². The fourth-order valence-electron chi connectivity index (χ4n) is 2.12. The Morgan fingerprint density at radius 1 is 1.71 bits per heavy atom. The molecule has 5 heteroatoms. The molecule has 2 heterocycles. The molecule has 1 aliphatic rings. The van der Waals surface area contributed by atoms with E-state index in [-0.39, 0.29) is 11.3 Å². The summed E-state index contributed by atoms with van der Waals surface area (Å²) in [5.41, 5.74) is -0.319. The minimum absolute atomic E-state index is 0.00519. The third-order valence-corrected chi connectivity index (χ3v) is 3.70. The van der Waals surface area contributed by atoms with E-state index < -0.39 is 0 Å². The lowest BCUT2D eigenvalue weighted by Gasteiger charge is -2.25. The molecule has 1 fully saturated rings. The fourth-order valence-corrected chi connectivity index (χ4v) is 2.29. The minimum atomic E-state index is -0.319. The fraction of sp³-hybridized carbons (Fsp3) is 0.500. The van der Waals surface area contributed by atoms with Gasteiger partial charge in [-0.25, -0.2) is 4.98 Å². The zero-order chi connectivity index (χ0) is 12.3. The van der Waals surface area contributed by atoms with Crippen molar-refractivity contribution in [1.29, 1.82) is 0 Å². The maximum atomic E-state index is 12.3. The number of hydrogen-bond acceptors (Lipinski definition) is 3. The number of pyridine rings is 1. The summed E-state index contributed by atoms with van der Waals surface area (Å²) in [5, 5.41) is 6.52. The average molecular weight is 254 g/mol. The first-order valence-corrected chi connectivity index (χ1v) is 6.18. The van der Waals surface area contributed by atoms with Gasteiger partial charge < -0.3 is 10.6 Å². The summed E-state index contributed by atoms with van der Waals surface area (Å²) in [6.45, 7) is 3.64. The number of aromatic nitrogens is 1. The van der Waals surface area contributed by atoms with Crippen molar-refractivity contribution in [2.45, 2.75) is 19.8 Å². The predicted molar refractivity (Wildman–Crippen MR) is 68.1 cm³/mol. The average Bonchev–Trinajstić information content (AvgIpc) is 2.82. The van der Waals surface area contributed by atoms with Gasteiger partial charge in [0.2, 0.25) is 5.91 Å². The normalized spacial score (nSPS) is 23.6. The number of carbonyl (C=O) groups excluding carboxylic acids is 1. The quantitative estimate of drug-likeness (QED) is 0.867. The first-order valence-electron chi connectivity index (χ1n) is 5.81. The van der Waals surface area contributed by atoms with E-state index in [0.717, 1.165) is 25.9 Å². The maximum absolute atomic E-state index is 12.3. The van der Waals surface area contributed by atoms with Crippen LogP contribution in [0.3, 0.4) is 0 Å². The zero-order valence-electron chi connectivity index (χ0n) is 9.79. The molecule has 2 rings (SSSR count). The van der Waals surface area contributed by atoms with Crippen LogP contribution >= 0.6 is 11.6 Å². The lowest BCUT2D eigenvalue weighted by atomic mass is 9.83. The van der Waals surface area contributed by atoms with Gasteiger partial charge in [-0.1, -0.05) is 18.5 Å². The lowest BCUT2D eigenvalue weighted by molar-refractivity contribution is -0.124. The van der Waals surface area contributed by atoms with Crippen LogP contribution in [0.5, 0.6) is 0 Å². The highest BCUT2D eigenvalue weighted by molar-refractivity contribution is 6.33. The number of nitrogens with zero attached hydrogens (tertiary/aromatic N) is 1. The van der Waals surface area contributed by atoms with Gasteiger partial charge in [0.1, 0.15) is 0 Å². The van der Waals surface area contributed by atoms with Gasteiger partial charge in [0.25, 0.3) is 0 Å². The van der Waals surface area contributed by atoms with E-state index in [2.05, 4.69) is 15.6 Å². The van der Waals surface area contributed by atoms with Gasteiger partial charge in [-0.3, -0.25) is 4.79 Å². The molecule has 0 spiro atoms. The molecule has 0 aromatic carbocycles. The Bertz CT molecular complexity index is 416. The molecule has 1 amide bonds. The number of carbonyl (C=O) groups is 1. The summed E-state index contributed by atoms with van der Waals surface area (Å²) >= 11 is 5.97. The van der Waals surface area contributed by atoms with Crippen LogP contribution in [0.2, 0.25) is 5.02 Å². The molecular weight excluding hydrogens is 238 g/mol. The molecule has 1 aromatic rings. The Hall–Kier alpha value is -1.13. The predicted octanol–water partition coefficient (Wildman–Crippen LogP) is 2.06. The summed E-state index contributed by atoms with van der Waals surface area (Å²) in [4.78, 5) is 16.3. The van der Waals surface area contributed by atoms with Gasteiger partial charge in [-0.15, -0.1) is 0 Å². The Balaban J connectivity index is 2.14. The van der Waals surface area contributed by atoms with E-state index >= 15 is 0 Å². The van der Waals surface area contributed by atoms with Crippen LogP contribution in [0.4, 0.5) is 5.82 Å². The molecule has 1 unspecified atom stereocenters. The second-order valence-electron chi connectivity index (χ2n) is 4.35. The number of rotatable bonds is 3. The van der Waals surface area contributed by atoms with E-state index in [1.54, 1.807) is 18.3 Å². The number of anilines is 1. The Kier molecular flexibility index (Phi) is 3.64. The Morgan fingerprint density at radius 2 is 2.53 bits per heavy atom. The van der Waals surface area contributed by atoms with Gasteiger partial charge >= 0.3 is 0 Å². The molecule has 92 valence electrons. The summed E-state index contributed by atoms with van der Waals surface area (Å²) in [6, 6.07) is 3.46. The van der Waals surface area contributed by atoms with Crippen LogP contribution in [-0.4, -0.2) is 24.0 Å². The van der Waals surface area contributed by atoms with Crippen LogP contribution < -0.4 is 10.6 Å². The summed E-state index contributed by atoms with van der Waals surface area (Å²) in [5.74, 6) is 0.449. The van der Waals surface area contributed by atoms with Crippen molar-refractivity contribution in [3.63, 3.8) is 0 Å². The molecule has 0 aliphatic carbocycles. The SMILES string of the molecule is CCC1(C(=O)Nc2ncccc2Cl)CCNC1. The van der Waals surface area contributed by atoms with E-state index in [9.17, 15) is 4.79 Å². The molecular formula is C12H16ClN3O. The second-order valence-corrected chi connectivity index (χ2v) is 4.76. The van der Waals surface area contributed by atoms with Gasteiger partial charge in [-0.05, 0) is 31.5 Å².